The summed E-state index contributed by atoms with van der Waals surface area (Å²) in [6.45, 7) is 5.74. The molecule has 1 aromatic heterocycles. The second kappa shape index (κ2) is 8.99. The van der Waals surface area contributed by atoms with Crippen molar-refractivity contribution in [3.05, 3.63) is 71.6 Å². The van der Waals surface area contributed by atoms with Gasteiger partial charge in [-0.2, -0.15) is 0 Å². The maximum atomic E-state index is 12.0. The molecule has 0 unspecified atom stereocenters. The number of hydrogen-bond acceptors (Lipinski definition) is 3. The van der Waals surface area contributed by atoms with Gasteiger partial charge in [-0.1, -0.05) is 30.3 Å². The van der Waals surface area contributed by atoms with Crippen molar-refractivity contribution in [3.8, 4) is 0 Å². The molecular weight excluding hydrogens is 298 g/mol. The van der Waals surface area contributed by atoms with Crippen molar-refractivity contribution < 1.29 is 4.79 Å². The highest BCUT2D eigenvalue weighted by atomic mass is 16.1. The Kier molecular flexibility index (Phi) is 6.70. The maximum absolute atomic E-state index is 12.0. The average molecular weight is 323 g/mol. The molecular formula is C20H25N3O. The van der Waals surface area contributed by atoms with E-state index < -0.39 is 0 Å². The molecule has 1 amide bonds. The molecule has 4 nitrogen and oxygen atoms in total. The van der Waals surface area contributed by atoms with Gasteiger partial charge in [0.15, 0.2) is 0 Å². The summed E-state index contributed by atoms with van der Waals surface area (Å²) < 4.78 is 0. The lowest BCUT2D eigenvalue weighted by Gasteiger charge is -2.22. The van der Waals surface area contributed by atoms with Crippen molar-refractivity contribution in [3.63, 3.8) is 0 Å². The van der Waals surface area contributed by atoms with Crippen LogP contribution in [0.1, 0.15) is 30.7 Å². The zero-order valence-corrected chi connectivity index (χ0v) is 14.6. The lowest BCUT2D eigenvalue weighted by molar-refractivity contribution is -0.116. The van der Waals surface area contributed by atoms with E-state index in [0.29, 0.717) is 12.6 Å². The Balaban J connectivity index is 1.94. The van der Waals surface area contributed by atoms with Crippen molar-refractivity contribution in [2.45, 2.75) is 33.0 Å². The van der Waals surface area contributed by atoms with Gasteiger partial charge in [0, 0.05) is 31.4 Å². The van der Waals surface area contributed by atoms with Gasteiger partial charge in [0.25, 0.3) is 0 Å². The number of benzene rings is 1. The molecule has 1 aromatic carbocycles. The first-order chi connectivity index (χ1) is 11.6. The quantitative estimate of drug-likeness (QED) is 0.796. The van der Waals surface area contributed by atoms with Crippen LogP contribution in [-0.2, 0) is 17.9 Å². The fourth-order valence-corrected chi connectivity index (χ4v) is 2.21. The largest absolute Gasteiger partial charge is 0.348 e. The van der Waals surface area contributed by atoms with Gasteiger partial charge in [-0.15, -0.1) is 0 Å². The average Bonchev–Trinajstić information content (AvgIpc) is 2.60. The molecule has 0 aliphatic heterocycles. The maximum Gasteiger partial charge on any atom is 0.244 e. The topological polar surface area (TPSA) is 45.2 Å². The summed E-state index contributed by atoms with van der Waals surface area (Å²) >= 11 is 0. The van der Waals surface area contributed by atoms with E-state index in [9.17, 15) is 4.79 Å². The molecule has 0 spiro atoms. The SMILES string of the molecule is CC(C)N(C)Cc1ccccc1CNC(=O)/C=C/c1ccccn1. The van der Waals surface area contributed by atoms with Crippen LogP contribution in [0.5, 0.6) is 0 Å². The fourth-order valence-electron chi connectivity index (χ4n) is 2.21. The third-order valence-corrected chi connectivity index (χ3v) is 3.97. The first-order valence-electron chi connectivity index (χ1n) is 8.20. The Morgan fingerprint density at radius 1 is 1.17 bits per heavy atom. The van der Waals surface area contributed by atoms with Gasteiger partial charge in [-0.05, 0) is 50.2 Å². The van der Waals surface area contributed by atoms with E-state index in [1.807, 2.05) is 30.3 Å². The van der Waals surface area contributed by atoms with E-state index >= 15 is 0 Å². The number of carbonyl (C=O) groups is 1. The Labute approximate surface area is 144 Å². The molecule has 1 heterocycles. The van der Waals surface area contributed by atoms with Gasteiger partial charge in [0.2, 0.25) is 5.91 Å². The smallest absolute Gasteiger partial charge is 0.244 e. The van der Waals surface area contributed by atoms with Crippen LogP contribution in [0.3, 0.4) is 0 Å². The first kappa shape index (κ1) is 17.9. The zero-order valence-electron chi connectivity index (χ0n) is 14.6. The highest BCUT2D eigenvalue weighted by Crippen LogP contribution is 2.12. The number of aromatic nitrogens is 1. The highest BCUT2D eigenvalue weighted by Gasteiger charge is 2.08. The summed E-state index contributed by atoms with van der Waals surface area (Å²) in [5.74, 6) is -0.118. The van der Waals surface area contributed by atoms with Crippen LogP contribution < -0.4 is 5.32 Å². The third-order valence-electron chi connectivity index (χ3n) is 3.97. The van der Waals surface area contributed by atoms with E-state index in [-0.39, 0.29) is 5.91 Å². The van der Waals surface area contributed by atoms with E-state index in [2.05, 4.69) is 48.2 Å². The predicted molar refractivity (Wildman–Crippen MR) is 98.2 cm³/mol. The first-order valence-corrected chi connectivity index (χ1v) is 8.20. The Morgan fingerprint density at radius 3 is 2.54 bits per heavy atom. The van der Waals surface area contributed by atoms with Gasteiger partial charge in [-0.3, -0.25) is 14.7 Å². The summed E-state index contributed by atoms with van der Waals surface area (Å²) in [7, 11) is 2.11. The molecule has 0 saturated heterocycles. The molecule has 0 radical (unpaired) electrons. The van der Waals surface area contributed by atoms with Crippen LogP contribution in [0.4, 0.5) is 0 Å². The lowest BCUT2D eigenvalue weighted by atomic mass is 10.1. The molecule has 0 aliphatic carbocycles. The second-order valence-corrected chi connectivity index (χ2v) is 6.08. The summed E-state index contributed by atoms with van der Waals surface area (Å²) in [5, 5.41) is 2.94. The summed E-state index contributed by atoms with van der Waals surface area (Å²) in [6.07, 6.45) is 4.94. The normalized spacial score (nSPS) is 11.4. The molecule has 0 bridgehead atoms. The zero-order chi connectivity index (χ0) is 17.4. The van der Waals surface area contributed by atoms with Crippen molar-refractivity contribution >= 4 is 12.0 Å². The van der Waals surface area contributed by atoms with E-state index in [1.165, 1.54) is 11.6 Å². The minimum Gasteiger partial charge on any atom is -0.348 e. The standard InChI is InChI=1S/C20H25N3O/c1-16(2)23(3)15-18-9-5-4-8-17(18)14-22-20(24)12-11-19-10-6-7-13-21-19/h4-13,16H,14-15H2,1-3H3,(H,22,24)/b12-11+. The summed E-state index contributed by atoms with van der Waals surface area (Å²) in [6, 6.07) is 14.3. The van der Waals surface area contributed by atoms with Gasteiger partial charge >= 0.3 is 0 Å². The molecule has 0 aliphatic rings. The van der Waals surface area contributed by atoms with Crippen LogP contribution in [-0.4, -0.2) is 28.9 Å². The number of nitrogens with zero attached hydrogens (tertiary/aromatic N) is 2. The monoisotopic (exact) mass is 323 g/mol. The van der Waals surface area contributed by atoms with E-state index in [4.69, 9.17) is 0 Å². The van der Waals surface area contributed by atoms with Crippen LogP contribution in [0.15, 0.2) is 54.7 Å². The molecule has 1 N–H and O–H groups in total. The number of amides is 1. The Morgan fingerprint density at radius 2 is 1.88 bits per heavy atom. The molecule has 0 atom stereocenters. The molecule has 2 aromatic rings. The van der Waals surface area contributed by atoms with Gasteiger partial charge in [0.05, 0.1) is 5.69 Å². The molecule has 0 saturated carbocycles. The number of nitrogens with one attached hydrogen (secondary N) is 1. The van der Waals surface area contributed by atoms with Crippen LogP contribution in [0, 0.1) is 0 Å². The van der Waals surface area contributed by atoms with Crippen molar-refractivity contribution in [1.82, 2.24) is 15.2 Å². The number of rotatable bonds is 7. The Hall–Kier alpha value is -2.46. The highest BCUT2D eigenvalue weighted by molar-refractivity contribution is 5.91. The molecule has 2 rings (SSSR count). The molecule has 0 fully saturated rings. The third kappa shape index (κ3) is 5.63. The van der Waals surface area contributed by atoms with Crippen molar-refractivity contribution in [2.24, 2.45) is 0 Å². The van der Waals surface area contributed by atoms with E-state index in [1.54, 1.807) is 12.3 Å². The molecule has 126 valence electrons. The molecule has 4 heteroatoms. The minimum atomic E-state index is -0.118. The number of hydrogen-bond donors (Lipinski definition) is 1. The van der Waals surface area contributed by atoms with Gasteiger partial charge in [-0.25, -0.2) is 0 Å². The Bertz CT molecular complexity index is 680. The van der Waals surface area contributed by atoms with Crippen LogP contribution in [0.2, 0.25) is 0 Å². The summed E-state index contributed by atoms with van der Waals surface area (Å²) in [5.41, 5.74) is 3.15. The van der Waals surface area contributed by atoms with Crippen LogP contribution in [0.25, 0.3) is 6.08 Å². The van der Waals surface area contributed by atoms with Gasteiger partial charge < -0.3 is 5.32 Å². The number of carbonyl (C=O) groups excluding carboxylic acids is 1. The van der Waals surface area contributed by atoms with Crippen LogP contribution >= 0.6 is 0 Å². The number of pyridine rings is 1. The lowest BCUT2D eigenvalue weighted by Crippen LogP contribution is -2.27. The van der Waals surface area contributed by atoms with Gasteiger partial charge in [0.1, 0.15) is 0 Å². The second-order valence-electron chi connectivity index (χ2n) is 6.08. The van der Waals surface area contributed by atoms with Crippen molar-refractivity contribution in [1.29, 1.82) is 0 Å². The summed E-state index contributed by atoms with van der Waals surface area (Å²) in [4.78, 5) is 18.4. The van der Waals surface area contributed by atoms with E-state index in [0.717, 1.165) is 17.8 Å². The van der Waals surface area contributed by atoms with Crippen molar-refractivity contribution in [2.75, 3.05) is 7.05 Å². The fraction of sp³-hybridized carbons (Fsp3) is 0.300. The predicted octanol–water partition coefficient (Wildman–Crippen LogP) is 3.25. The minimum absolute atomic E-state index is 0.118. The molecule has 24 heavy (non-hydrogen) atoms.